The molecule has 0 saturated carbocycles. The maximum Gasteiger partial charge on any atom is 0.217 e. The molecule has 0 aliphatic carbocycles. The van der Waals surface area contributed by atoms with Crippen molar-refractivity contribution in [1.82, 2.24) is 5.32 Å². The highest BCUT2D eigenvalue weighted by Gasteiger charge is 2.54. The zero-order valence-corrected chi connectivity index (χ0v) is 20.5. The molecule has 0 spiro atoms. The smallest absolute Gasteiger partial charge is 0.217 e. The summed E-state index contributed by atoms with van der Waals surface area (Å²) in [6.45, 7) is 1.21. The Morgan fingerprint density at radius 1 is 0.730 bits per heavy atom. The third kappa shape index (κ3) is 6.39. The van der Waals surface area contributed by atoms with Gasteiger partial charge in [0.1, 0.15) is 67.1 Å². The maximum absolute atomic E-state index is 12.0. The Labute approximate surface area is 212 Å². The van der Waals surface area contributed by atoms with Gasteiger partial charge in [0.25, 0.3) is 0 Å². The van der Waals surface area contributed by atoms with Crippen LogP contribution < -0.4 is 5.32 Å². The fourth-order valence-corrected chi connectivity index (χ4v) is 4.58. The molecule has 0 aromatic rings. The van der Waals surface area contributed by atoms with Gasteiger partial charge in [0.15, 0.2) is 18.9 Å². The molecular weight excluding hydrogens is 506 g/mol. The van der Waals surface area contributed by atoms with Crippen molar-refractivity contribution in [3.8, 4) is 0 Å². The van der Waals surface area contributed by atoms with Crippen molar-refractivity contribution in [2.45, 2.75) is 106 Å². The van der Waals surface area contributed by atoms with Crippen molar-refractivity contribution >= 4 is 5.91 Å². The molecule has 0 radical (unpaired) electrons. The molecule has 37 heavy (non-hydrogen) atoms. The molecule has 15 atom stereocenters. The highest BCUT2D eigenvalue weighted by atomic mass is 16.8. The van der Waals surface area contributed by atoms with Gasteiger partial charge < -0.3 is 74.6 Å². The van der Waals surface area contributed by atoms with Crippen molar-refractivity contribution in [3.05, 3.63) is 0 Å². The lowest BCUT2D eigenvalue weighted by molar-refractivity contribution is -0.372. The lowest BCUT2D eigenvalue weighted by Gasteiger charge is -2.50. The van der Waals surface area contributed by atoms with Crippen LogP contribution in [0.1, 0.15) is 13.8 Å². The van der Waals surface area contributed by atoms with Gasteiger partial charge in [-0.05, 0) is 6.92 Å². The molecule has 1 amide bonds. The summed E-state index contributed by atoms with van der Waals surface area (Å²) in [6.07, 6.45) is -20.8. The predicted octanol–water partition coefficient (Wildman–Crippen LogP) is -5.75. The first kappa shape index (κ1) is 30.5. The summed E-state index contributed by atoms with van der Waals surface area (Å²) in [4.78, 5) is 12.0. The topological polar surface area (TPSA) is 246 Å². The van der Waals surface area contributed by atoms with Crippen LogP contribution in [0.3, 0.4) is 0 Å². The van der Waals surface area contributed by atoms with Crippen LogP contribution in [0.5, 0.6) is 0 Å². The molecular formula is C21H37NO15. The van der Waals surface area contributed by atoms with Crippen molar-refractivity contribution in [2.24, 2.45) is 0 Å². The lowest BCUT2D eigenvalue weighted by atomic mass is 9.94. The number of aliphatic hydroxyl groups excluding tert-OH is 8. The minimum Gasteiger partial charge on any atom is -0.394 e. The Morgan fingerprint density at radius 2 is 1.24 bits per heavy atom. The number of nitrogens with one attached hydrogen (secondary N) is 1. The van der Waals surface area contributed by atoms with Gasteiger partial charge in [0.05, 0.1) is 19.3 Å². The zero-order valence-electron chi connectivity index (χ0n) is 20.5. The molecule has 16 nitrogen and oxygen atoms in total. The van der Waals surface area contributed by atoms with E-state index in [9.17, 15) is 45.6 Å². The first-order valence-corrected chi connectivity index (χ1v) is 11.8. The number of aliphatic hydroxyl groups is 8. The van der Waals surface area contributed by atoms with E-state index in [0.717, 1.165) is 0 Å². The zero-order chi connectivity index (χ0) is 27.6. The maximum atomic E-state index is 12.0. The summed E-state index contributed by atoms with van der Waals surface area (Å²) < 4.78 is 33.7. The minimum atomic E-state index is -1.81. The molecule has 9 N–H and O–H groups in total. The van der Waals surface area contributed by atoms with Gasteiger partial charge in [-0.1, -0.05) is 0 Å². The lowest BCUT2D eigenvalue weighted by Crippen LogP contribution is -2.69. The first-order chi connectivity index (χ1) is 17.4. The molecule has 1 unspecified atom stereocenters. The van der Waals surface area contributed by atoms with Gasteiger partial charge >= 0.3 is 0 Å². The van der Waals surface area contributed by atoms with Crippen LogP contribution in [0.4, 0.5) is 0 Å². The van der Waals surface area contributed by atoms with Crippen LogP contribution >= 0.6 is 0 Å². The van der Waals surface area contributed by atoms with Crippen LogP contribution in [0.15, 0.2) is 0 Å². The monoisotopic (exact) mass is 543 g/mol. The Morgan fingerprint density at radius 3 is 1.78 bits per heavy atom. The second-order valence-electron chi connectivity index (χ2n) is 9.27. The summed E-state index contributed by atoms with van der Waals surface area (Å²) in [5.74, 6) is -0.549. The van der Waals surface area contributed by atoms with E-state index in [1.165, 1.54) is 21.0 Å². The van der Waals surface area contributed by atoms with Gasteiger partial charge in [-0.3, -0.25) is 4.79 Å². The van der Waals surface area contributed by atoms with Gasteiger partial charge in [0.2, 0.25) is 5.91 Å². The standard InChI is InChI=1S/C21H37NO15/c1-6-11(26)13(28)15(30)20(33-6)37-18-10(22-7(2)25)19(32-3)35-9(5-24)17(18)36-21-16(31)14(29)12(27)8(4-23)34-21/h6,8-21,23-24,26-31H,4-5H2,1-3H3,(H,22,25)/t6-,8+,9+,10+,11+,12-,13+,14-,15-,16+,17+,18+,19?,20-,21-/m0/s1. The molecule has 0 bridgehead atoms. The Balaban J connectivity index is 1.95. The second-order valence-corrected chi connectivity index (χ2v) is 9.27. The molecule has 3 aliphatic rings. The Hall–Kier alpha value is -1.09. The normalized spacial score (nSPS) is 49.0. The largest absolute Gasteiger partial charge is 0.394 e. The molecule has 3 aliphatic heterocycles. The fraction of sp³-hybridized carbons (Fsp3) is 0.952. The van der Waals surface area contributed by atoms with Gasteiger partial charge in [-0.2, -0.15) is 0 Å². The molecule has 3 heterocycles. The number of carbonyl (C=O) groups excluding carboxylic acids is 1. The first-order valence-electron chi connectivity index (χ1n) is 11.8. The number of methoxy groups -OCH3 is 1. The average molecular weight is 544 g/mol. The highest BCUT2D eigenvalue weighted by molar-refractivity contribution is 5.73. The SMILES string of the molecule is COC1O[C@H](CO)[C@@H](O[C@@H]2O[C@H](CO)[C@H](O)[C@H](O)[C@H]2O)[C@H](O[C@@H]2O[C@@H](C)[C@@H](O)[C@@H](O)[C@@H]2O)[C@H]1NC(C)=O. The van der Waals surface area contributed by atoms with E-state index in [2.05, 4.69) is 5.32 Å². The third-order valence-corrected chi connectivity index (χ3v) is 6.67. The summed E-state index contributed by atoms with van der Waals surface area (Å²) in [5, 5.41) is 83.5. The van der Waals surface area contributed by atoms with Gasteiger partial charge in [-0.25, -0.2) is 0 Å². The number of amides is 1. The quantitative estimate of drug-likeness (QED) is 0.138. The molecule has 16 heteroatoms. The number of ether oxygens (including phenoxy) is 6. The molecule has 0 aromatic heterocycles. The Bertz CT molecular complexity index is 745. The van der Waals surface area contributed by atoms with Crippen LogP contribution in [-0.4, -0.2) is 159 Å². The summed E-state index contributed by atoms with van der Waals surface area (Å²) in [5.41, 5.74) is 0. The van der Waals surface area contributed by atoms with E-state index in [1.54, 1.807) is 0 Å². The number of carbonyl (C=O) groups is 1. The summed E-state index contributed by atoms with van der Waals surface area (Å²) in [6, 6.07) is -1.17. The van der Waals surface area contributed by atoms with Gasteiger partial charge in [0, 0.05) is 14.0 Å². The summed E-state index contributed by atoms with van der Waals surface area (Å²) in [7, 11) is 1.26. The van der Waals surface area contributed by atoms with Crippen molar-refractivity contribution < 1.29 is 74.1 Å². The van der Waals surface area contributed by atoms with Gasteiger partial charge in [-0.15, -0.1) is 0 Å². The molecule has 216 valence electrons. The van der Waals surface area contributed by atoms with E-state index in [-0.39, 0.29) is 0 Å². The number of hydrogen-bond acceptors (Lipinski definition) is 15. The molecule has 3 saturated heterocycles. The van der Waals surface area contributed by atoms with E-state index in [0.29, 0.717) is 0 Å². The fourth-order valence-electron chi connectivity index (χ4n) is 4.58. The molecule has 3 rings (SSSR count). The minimum absolute atomic E-state index is 0.549. The predicted molar refractivity (Wildman–Crippen MR) is 116 cm³/mol. The van der Waals surface area contributed by atoms with E-state index in [4.69, 9.17) is 28.4 Å². The average Bonchev–Trinajstić information content (AvgIpc) is 2.87. The van der Waals surface area contributed by atoms with Crippen LogP contribution in [0, 0.1) is 0 Å². The van der Waals surface area contributed by atoms with Crippen molar-refractivity contribution in [3.63, 3.8) is 0 Å². The number of rotatable bonds is 8. The van der Waals surface area contributed by atoms with E-state index >= 15 is 0 Å². The van der Waals surface area contributed by atoms with Crippen molar-refractivity contribution in [2.75, 3.05) is 20.3 Å². The van der Waals surface area contributed by atoms with E-state index in [1.807, 2.05) is 0 Å². The third-order valence-electron chi connectivity index (χ3n) is 6.67. The Kier molecular flexibility index (Phi) is 10.6. The summed E-state index contributed by atoms with van der Waals surface area (Å²) >= 11 is 0. The highest BCUT2D eigenvalue weighted by Crippen LogP contribution is 2.33. The van der Waals surface area contributed by atoms with Crippen LogP contribution in [-0.2, 0) is 33.2 Å². The van der Waals surface area contributed by atoms with E-state index < -0.39 is 111 Å². The second kappa shape index (κ2) is 12.8. The molecule has 3 fully saturated rings. The van der Waals surface area contributed by atoms with Crippen LogP contribution in [0.2, 0.25) is 0 Å². The number of hydrogen-bond donors (Lipinski definition) is 9. The van der Waals surface area contributed by atoms with Crippen molar-refractivity contribution in [1.29, 1.82) is 0 Å². The molecule has 0 aromatic carbocycles. The van der Waals surface area contributed by atoms with Crippen LogP contribution in [0.25, 0.3) is 0 Å².